The van der Waals surface area contributed by atoms with E-state index in [1.165, 1.54) is 12.1 Å². The Hall–Kier alpha value is -1.49. The van der Waals surface area contributed by atoms with E-state index in [0.717, 1.165) is 31.7 Å². The molecule has 104 valence electrons. The first-order valence-corrected chi connectivity index (χ1v) is 6.61. The van der Waals surface area contributed by atoms with Gasteiger partial charge in [-0.3, -0.25) is 10.1 Å². The maximum absolute atomic E-state index is 13.3. The van der Waals surface area contributed by atoms with E-state index >= 15 is 0 Å². The molecule has 0 aromatic heterocycles. The number of rotatable bonds is 3. The smallest absolute Gasteiger partial charge is 0.272 e. The molecule has 2 rings (SSSR count). The first-order chi connectivity index (χ1) is 8.89. The highest BCUT2D eigenvalue weighted by atomic mass is 19.1. The molecule has 1 aromatic rings. The van der Waals surface area contributed by atoms with E-state index in [0.29, 0.717) is 17.9 Å². The van der Waals surface area contributed by atoms with E-state index in [9.17, 15) is 14.5 Å². The minimum Gasteiger partial charge on any atom is -0.325 e. The molecule has 1 aliphatic rings. The lowest BCUT2D eigenvalue weighted by Gasteiger charge is -2.36. The van der Waals surface area contributed by atoms with Crippen LogP contribution in [0.1, 0.15) is 38.2 Å². The number of benzene rings is 1. The van der Waals surface area contributed by atoms with E-state index in [2.05, 4.69) is 6.92 Å². The summed E-state index contributed by atoms with van der Waals surface area (Å²) < 4.78 is 13.3. The summed E-state index contributed by atoms with van der Waals surface area (Å²) in [6.07, 6.45) is 4.21. The molecule has 0 heterocycles. The van der Waals surface area contributed by atoms with Gasteiger partial charge in [-0.15, -0.1) is 0 Å². The van der Waals surface area contributed by atoms with Crippen LogP contribution in [0.2, 0.25) is 0 Å². The second-order valence-electron chi connectivity index (χ2n) is 5.77. The van der Waals surface area contributed by atoms with Gasteiger partial charge in [-0.05, 0) is 37.3 Å². The Morgan fingerprint density at radius 3 is 2.95 bits per heavy atom. The molecule has 1 aromatic carbocycles. The molecular weight excluding hydrogens is 247 g/mol. The van der Waals surface area contributed by atoms with E-state index in [-0.39, 0.29) is 5.69 Å². The second kappa shape index (κ2) is 5.25. The molecule has 1 aliphatic carbocycles. The fraction of sp³-hybridized carbons (Fsp3) is 0.571. The third-order valence-electron chi connectivity index (χ3n) is 3.91. The fourth-order valence-electron chi connectivity index (χ4n) is 3.11. The predicted octanol–water partition coefficient (Wildman–Crippen LogP) is 3.18. The Balaban J connectivity index is 2.26. The van der Waals surface area contributed by atoms with Gasteiger partial charge in [-0.25, -0.2) is 4.39 Å². The van der Waals surface area contributed by atoms with Gasteiger partial charge in [0.2, 0.25) is 0 Å². The Bertz CT molecular complexity index is 492. The van der Waals surface area contributed by atoms with Crippen LogP contribution in [-0.4, -0.2) is 10.5 Å². The lowest BCUT2D eigenvalue weighted by atomic mass is 9.74. The normalized spacial score (nSPS) is 27.2. The molecule has 0 saturated heterocycles. The van der Waals surface area contributed by atoms with Crippen molar-refractivity contribution >= 4 is 5.69 Å². The van der Waals surface area contributed by atoms with E-state index in [1.807, 2.05) is 0 Å². The molecule has 0 bridgehead atoms. The van der Waals surface area contributed by atoms with Crippen molar-refractivity contribution in [2.24, 2.45) is 11.7 Å². The number of nitrogens with zero attached hydrogens (tertiary/aromatic N) is 1. The van der Waals surface area contributed by atoms with Crippen molar-refractivity contribution < 1.29 is 9.31 Å². The molecule has 0 spiro atoms. The number of nitro groups is 1. The van der Waals surface area contributed by atoms with Crippen molar-refractivity contribution in [3.63, 3.8) is 0 Å². The lowest BCUT2D eigenvalue weighted by Crippen LogP contribution is -2.45. The molecular formula is C14H19FN2O2. The first-order valence-electron chi connectivity index (χ1n) is 6.61. The standard InChI is InChI=1S/C14H19FN2O2/c1-10-3-2-6-14(16,8-10)9-11-7-12(15)4-5-13(11)17(18)19/h4-5,7,10H,2-3,6,8-9,16H2,1H3. The van der Waals surface area contributed by atoms with Crippen LogP contribution in [0, 0.1) is 21.8 Å². The largest absolute Gasteiger partial charge is 0.325 e. The quantitative estimate of drug-likeness (QED) is 0.674. The minimum absolute atomic E-state index is 0.0375. The third-order valence-corrected chi connectivity index (χ3v) is 3.91. The van der Waals surface area contributed by atoms with Crippen molar-refractivity contribution in [2.75, 3.05) is 0 Å². The van der Waals surface area contributed by atoms with E-state index in [1.54, 1.807) is 0 Å². The summed E-state index contributed by atoms with van der Waals surface area (Å²) in [4.78, 5) is 10.5. The summed E-state index contributed by atoms with van der Waals surface area (Å²) in [5, 5.41) is 11.0. The highest BCUT2D eigenvalue weighted by Gasteiger charge is 2.33. The monoisotopic (exact) mass is 266 g/mol. The maximum Gasteiger partial charge on any atom is 0.272 e. The highest BCUT2D eigenvalue weighted by Crippen LogP contribution is 2.34. The van der Waals surface area contributed by atoms with Crippen molar-refractivity contribution in [2.45, 2.75) is 44.6 Å². The Kier molecular flexibility index (Phi) is 3.85. The van der Waals surface area contributed by atoms with Crippen LogP contribution in [0.4, 0.5) is 10.1 Å². The first kappa shape index (κ1) is 13.9. The van der Waals surface area contributed by atoms with E-state index in [4.69, 9.17) is 5.73 Å². The minimum atomic E-state index is -0.468. The summed E-state index contributed by atoms with van der Waals surface area (Å²) >= 11 is 0. The molecule has 2 atom stereocenters. The predicted molar refractivity (Wildman–Crippen MR) is 71.3 cm³/mol. The molecule has 0 radical (unpaired) electrons. The topological polar surface area (TPSA) is 69.2 Å². The fourth-order valence-corrected chi connectivity index (χ4v) is 3.11. The van der Waals surface area contributed by atoms with E-state index < -0.39 is 16.3 Å². The van der Waals surface area contributed by atoms with Gasteiger partial charge in [-0.1, -0.05) is 19.8 Å². The van der Waals surface area contributed by atoms with Crippen LogP contribution in [0.3, 0.4) is 0 Å². The maximum atomic E-state index is 13.3. The lowest BCUT2D eigenvalue weighted by molar-refractivity contribution is -0.385. The van der Waals surface area contributed by atoms with Crippen molar-refractivity contribution in [3.8, 4) is 0 Å². The van der Waals surface area contributed by atoms with Crippen LogP contribution in [0.5, 0.6) is 0 Å². The van der Waals surface area contributed by atoms with Gasteiger partial charge in [0, 0.05) is 17.2 Å². The average Bonchev–Trinajstić information content (AvgIpc) is 2.27. The van der Waals surface area contributed by atoms with Gasteiger partial charge >= 0.3 is 0 Å². The van der Waals surface area contributed by atoms with Crippen molar-refractivity contribution in [1.29, 1.82) is 0 Å². The SMILES string of the molecule is CC1CCCC(N)(Cc2cc(F)ccc2[N+](=O)[O-])C1. The molecule has 0 amide bonds. The summed E-state index contributed by atoms with van der Waals surface area (Å²) in [6.45, 7) is 2.14. The summed E-state index contributed by atoms with van der Waals surface area (Å²) in [5.74, 6) is 0.0689. The van der Waals surface area contributed by atoms with Gasteiger partial charge < -0.3 is 5.73 Å². The number of halogens is 1. The number of nitrogens with two attached hydrogens (primary N) is 1. The average molecular weight is 266 g/mol. The number of hydrogen-bond donors (Lipinski definition) is 1. The summed E-state index contributed by atoms with van der Waals surface area (Å²) in [5.41, 5.74) is 6.27. The van der Waals surface area contributed by atoms with Crippen LogP contribution in [0.25, 0.3) is 0 Å². The molecule has 1 saturated carbocycles. The van der Waals surface area contributed by atoms with Crippen molar-refractivity contribution in [3.05, 3.63) is 39.7 Å². The van der Waals surface area contributed by atoms with Gasteiger partial charge in [0.1, 0.15) is 5.82 Å². The summed E-state index contributed by atoms with van der Waals surface area (Å²) in [6, 6.07) is 3.58. The zero-order valence-electron chi connectivity index (χ0n) is 11.1. The molecule has 0 aliphatic heterocycles. The molecule has 5 heteroatoms. The zero-order chi connectivity index (χ0) is 14.0. The summed E-state index contributed by atoms with van der Waals surface area (Å²) in [7, 11) is 0. The highest BCUT2D eigenvalue weighted by molar-refractivity contribution is 5.41. The number of nitro benzene ring substituents is 1. The Morgan fingerprint density at radius 1 is 1.58 bits per heavy atom. The Morgan fingerprint density at radius 2 is 2.32 bits per heavy atom. The molecule has 4 nitrogen and oxygen atoms in total. The zero-order valence-corrected chi connectivity index (χ0v) is 11.1. The Labute approximate surface area is 112 Å². The van der Waals surface area contributed by atoms with Gasteiger partial charge in [0.15, 0.2) is 0 Å². The molecule has 2 N–H and O–H groups in total. The van der Waals surface area contributed by atoms with Gasteiger partial charge in [0.25, 0.3) is 5.69 Å². The molecule has 19 heavy (non-hydrogen) atoms. The van der Waals surface area contributed by atoms with Crippen LogP contribution >= 0.6 is 0 Å². The van der Waals surface area contributed by atoms with Crippen LogP contribution in [0.15, 0.2) is 18.2 Å². The van der Waals surface area contributed by atoms with Gasteiger partial charge in [0.05, 0.1) is 4.92 Å². The number of hydrogen-bond acceptors (Lipinski definition) is 3. The third kappa shape index (κ3) is 3.29. The van der Waals surface area contributed by atoms with Crippen LogP contribution in [-0.2, 0) is 6.42 Å². The molecule has 2 unspecified atom stereocenters. The van der Waals surface area contributed by atoms with Crippen molar-refractivity contribution in [1.82, 2.24) is 0 Å². The second-order valence-corrected chi connectivity index (χ2v) is 5.77. The van der Waals surface area contributed by atoms with Gasteiger partial charge in [-0.2, -0.15) is 0 Å². The molecule has 1 fully saturated rings. The van der Waals surface area contributed by atoms with Crippen LogP contribution < -0.4 is 5.73 Å².